The molecule has 41 heavy (non-hydrogen) atoms. The maximum absolute atomic E-state index is 15.7. The van der Waals surface area contributed by atoms with Crippen LogP contribution >= 0.6 is 0 Å². The highest BCUT2D eigenvalue weighted by molar-refractivity contribution is 7.90. The van der Waals surface area contributed by atoms with Crippen molar-refractivity contribution in [2.45, 2.75) is 31.2 Å². The van der Waals surface area contributed by atoms with Gasteiger partial charge < -0.3 is 20.5 Å². The van der Waals surface area contributed by atoms with Gasteiger partial charge in [0.25, 0.3) is 0 Å². The minimum absolute atomic E-state index is 0.00124. The van der Waals surface area contributed by atoms with E-state index < -0.39 is 21.3 Å². The van der Waals surface area contributed by atoms with Crippen molar-refractivity contribution >= 4 is 38.4 Å². The number of aromatic nitrogens is 5. The minimum atomic E-state index is -3.81. The van der Waals surface area contributed by atoms with E-state index in [0.717, 1.165) is 10.8 Å². The number of carbonyl (C=O) groups excluding carboxylic acids is 1. The first-order chi connectivity index (χ1) is 19.5. The van der Waals surface area contributed by atoms with Gasteiger partial charge in [-0.2, -0.15) is 4.98 Å². The summed E-state index contributed by atoms with van der Waals surface area (Å²) < 4.78 is 42.6. The van der Waals surface area contributed by atoms with Gasteiger partial charge in [-0.05, 0) is 37.1 Å². The van der Waals surface area contributed by atoms with E-state index in [0.29, 0.717) is 31.6 Å². The van der Waals surface area contributed by atoms with E-state index in [1.54, 1.807) is 17.0 Å². The molecule has 214 valence electrons. The lowest BCUT2D eigenvalue weighted by molar-refractivity contribution is -0.126. The third-order valence-corrected chi connectivity index (χ3v) is 8.31. The number of para-hydroxylation sites is 1. The third-order valence-electron chi connectivity index (χ3n) is 7.18. The molecule has 14 heteroatoms. The van der Waals surface area contributed by atoms with E-state index in [4.69, 9.17) is 5.73 Å². The molecular formula is C27H29FN8O4S. The largest absolute Gasteiger partial charge is 0.382 e. The fourth-order valence-corrected chi connectivity index (χ4v) is 6.10. The topological polar surface area (TPSA) is 160 Å². The molecule has 0 unspecified atom stereocenters. The van der Waals surface area contributed by atoms with Crippen molar-refractivity contribution in [1.82, 2.24) is 29.4 Å². The summed E-state index contributed by atoms with van der Waals surface area (Å²) in [5.74, 6) is -0.795. The molecule has 3 aromatic heterocycles. The van der Waals surface area contributed by atoms with E-state index in [2.05, 4.69) is 26.5 Å². The fourth-order valence-electron chi connectivity index (χ4n) is 5.20. The number of nitrogens with two attached hydrogens (primary N) is 1. The highest BCUT2D eigenvalue weighted by atomic mass is 32.2. The number of pyridine rings is 1. The Hall–Kier alpha value is -4.59. The Balaban J connectivity index is 1.85. The van der Waals surface area contributed by atoms with Crippen molar-refractivity contribution in [3.05, 3.63) is 65.1 Å². The van der Waals surface area contributed by atoms with Crippen molar-refractivity contribution in [3.8, 4) is 17.1 Å². The van der Waals surface area contributed by atoms with Crippen LogP contribution in [0, 0.1) is 5.82 Å². The number of imidazole rings is 1. The number of sulfone groups is 1. The minimum Gasteiger partial charge on any atom is -0.382 e. The lowest BCUT2D eigenvalue weighted by atomic mass is 10.1. The van der Waals surface area contributed by atoms with Gasteiger partial charge in [0.05, 0.1) is 22.3 Å². The van der Waals surface area contributed by atoms with Crippen LogP contribution in [0.1, 0.15) is 19.4 Å². The number of nitrogens with zero attached hydrogens (tertiary/aromatic N) is 6. The molecule has 1 fully saturated rings. The second kappa shape index (κ2) is 10.4. The number of nitrogen functional groups attached to an aromatic ring is 1. The van der Waals surface area contributed by atoms with E-state index in [1.807, 2.05) is 18.7 Å². The number of anilines is 2. The fraction of sp³-hybridized carbons (Fsp3) is 0.296. The molecule has 4 aromatic rings. The standard InChI is InChI=1S/C27H29FN8O4S/c1-5-16-8-7-9-19(41(4,39)40)23(16)36-26-17(12-18(28)21(32-26)22-24(29)31-14-30-22)25(33-27(36)38)35-11-10-34(13-15(35)3)20(37)6-2/h6-9,12,14-15H,2,5,10-11,13,29H2,1,3-4H3,(H,30,31)/t15-/m0/s1. The number of nitrogens with one attached hydrogen (secondary N) is 1. The molecule has 1 amide bonds. The van der Waals surface area contributed by atoms with Gasteiger partial charge in [0.2, 0.25) is 5.91 Å². The number of aryl methyl sites for hydroxylation is 1. The number of hydrogen-bond acceptors (Lipinski definition) is 9. The second-order valence-corrected chi connectivity index (χ2v) is 11.8. The zero-order valence-corrected chi connectivity index (χ0v) is 23.6. The second-order valence-electron chi connectivity index (χ2n) is 9.83. The average Bonchev–Trinajstić information content (AvgIpc) is 3.36. The van der Waals surface area contributed by atoms with Gasteiger partial charge in [0, 0.05) is 31.9 Å². The van der Waals surface area contributed by atoms with Gasteiger partial charge in [-0.3, -0.25) is 4.79 Å². The quantitative estimate of drug-likeness (QED) is 0.326. The first kappa shape index (κ1) is 28.0. The summed E-state index contributed by atoms with van der Waals surface area (Å²) in [6, 6.07) is 5.64. The normalized spacial score (nSPS) is 15.9. The number of piperazine rings is 1. The first-order valence-corrected chi connectivity index (χ1v) is 14.8. The SMILES string of the molecule is C=CC(=O)N1CCN(c2nc(=O)n(-c3c(CC)cccc3S(C)(=O)=O)c3nc(-c4[nH]cnc4N)c(F)cc23)[C@@H](C)C1. The summed E-state index contributed by atoms with van der Waals surface area (Å²) in [6.45, 7) is 8.20. The van der Waals surface area contributed by atoms with Gasteiger partial charge in [-0.1, -0.05) is 25.6 Å². The summed E-state index contributed by atoms with van der Waals surface area (Å²) in [4.78, 5) is 45.1. The number of amides is 1. The van der Waals surface area contributed by atoms with E-state index in [1.165, 1.54) is 24.5 Å². The molecule has 0 spiro atoms. The number of hydrogen-bond donors (Lipinski definition) is 2. The molecule has 12 nitrogen and oxygen atoms in total. The molecule has 4 heterocycles. The van der Waals surface area contributed by atoms with Crippen LogP contribution in [-0.4, -0.2) is 75.7 Å². The maximum atomic E-state index is 15.7. The molecule has 1 atom stereocenters. The number of H-pyrrole nitrogens is 1. The molecule has 0 aliphatic carbocycles. The van der Waals surface area contributed by atoms with Crippen LogP contribution in [-0.2, 0) is 21.1 Å². The predicted molar refractivity (Wildman–Crippen MR) is 153 cm³/mol. The van der Waals surface area contributed by atoms with Crippen LogP contribution in [0.25, 0.3) is 28.1 Å². The summed E-state index contributed by atoms with van der Waals surface area (Å²) in [5, 5.41) is 0.185. The van der Waals surface area contributed by atoms with Gasteiger partial charge in [-0.25, -0.2) is 32.1 Å². The first-order valence-electron chi connectivity index (χ1n) is 12.9. The number of fused-ring (bicyclic) bond motifs is 1. The van der Waals surface area contributed by atoms with Gasteiger partial charge >= 0.3 is 5.69 Å². The Kier molecular flexibility index (Phi) is 7.11. The van der Waals surface area contributed by atoms with Crippen molar-refractivity contribution < 1.29 is 17.6 Å². The van der Waals surface area contributed by atoms with Crippen LogP contribution < -0.4 is 16.3 Å². The molecule has 1 aliphatic rings. The zero-order valence-electron chi connectivity index (χ0n) is 22.8. The molecule has 5 rings (SSSR count). The maximum Gasteiger partial charge on any atom is 0.355 e. The number of rotatable bonds is 6. The van der Waals surface area contributed by atoms with E-state index in [9.17, 15) is 18.0 Å². The lowest BCUT2D eigenvalue weighted by Crippen LogP contribution is -2.54. The molecule has 1 aromatic carbocycles. The molecule has 3 N–H and O–H groups in total. The Morgan fingerprint density at radius 2 is 2.05 bits per heavy atom. The summed E-state index contributed by atoms with van der Waals surface area (Å²) in [6.07, 6.45) is 3.98. The van der Waals surface area contributed by atoms with Crippen LogP contribution in [0.4, 0.5) is 16.0 Å². The van der Waals surface area contributed by atoms with Gasteiger partial charge in [-0.15, -0.1) is 0 Å². The van der Waals surface area contributed by atoms with Crippen molar-refractivity contribution in [1.29, 1.82) is 0 Å². The van der Waals surface area contributed by atoms with Gasteiger partial charge in [0.1, 0.15) is 17.2 Å². The Labute approximate surface area is 235 Å². The summed E-state index contributed by atoms with van der Waals surface area (Å²) >= 11 is 0. The zero-order chi connectivity index (χ0) is 29.6. The smallest absolute Gasteiger partial charge is 0.355 e. The Morgan fingerprint density at radius 3 is 2.66 bits per heavy atom. The van der Waals surface area contributed by atoms with Crippen LogP contribution in [0.2, 0.25) is 0 Å². The third kappa shape index (κ3) is 4.84. The highest BCUT2D eigenvalue weighted by Crippen LogP contribution is 2.34. The molecular weight excluding hydrogens is 551 g/mol. The Morgan fingerprint density at radius 1 is 1.29 bits per heavy atom. The number of carbonyl (C=O) groups is 1. The summed E-state index contributed by atoms with van der Waals surface area (Å²) in [5.41, 5.74) is 5.73. The van der Waals surface area contributed by atoms with E-state index >= 15 is 4.39 Å². The van der Waals surface area contributed by atoms with Crippen molar-refractivity contribution in [3.63, 3.8) is 0 Å². The predicted octanol–water partition coefficient (Wildman–Crippen LogP) is 2.08. The molecule has 1 saturated heterocycles. The number of benzene rings is 1. The van der Waals surface area contributed by atoms with Crippen LogP contribution in [0.15, 0.2) is 52.9 Å². The molecule has 0 bridgehead atoms. The van der Waals surface area contributed by atoms with E-state index in [-0.39, 0.29) is 56.6 Å². The lowest BCUT2D eigenvalue weighted by Gasteiger charge is -2.40. The molecule has 0 radical (unpaired) electrons. The number of halogens is 1. The van der Waals surface area contributed by atoms with Crippen molar-refractivity contribution in [2.24, 2.45) is 0 Å². The molecule has 0 saturated carbocycles. The summed E-state index contributed by atoms with van der Waals surface area (Å²) in [7, 11) is -3.81. The monoisotopic (exact) mass is 580 g/mol. The number of aromatic amines is 1. The highest BCUT2D eigenvalue weighted by Gasteiger charge is 2.31. The van der Waals surface area contributed by atoms with Crippen LogP contribution in [0.5, 0.6) is 0 Å². The van der Waals surface area contributed by atoms with Crippen molar-refractivity contribution in [2.75, 3.05) is 36.5 Å². The molecule has 1 aliphatic heterocycles. The Bertz CT molecular complexity index is 1870. The van der Waals surface area contributed by atoms with Crippen LogP contribution in [0.3, 0.4) is 0 Å². The van der Waals surface area contributed by atoms with Gasteiger partial charge in [0.15, 0.2) is 27.1 Å². The average molecular weight is 581 g/mol.